The van der Waals surface area contributed by atoms with Crippen LogP contribution in [0, 0.1) is 0 Å². The minimum absolute atomic E-state index is 0.234. The molecular weight excluding hydrogens is 260 g/mol. The molecule has 100 valence electrons. The average Bonchev–Trinajstić information content (AvgIpc) is 2.47. The van der Waals surface area contributed by atoms with Gasteiger partial charge in [0.2, 0.25) is 0 Å². The van der Waals surface area contributed by atoms with Crippen molar-refractivity contribution in [2.75, 3.05) is 0 Å². The van der Waals surface area contributed by atoms with E-state index in [-0.39, 0.29) is 4.90 Å². The molecule has 2 aromatic carbocycles. The zero-order valence-corrected chi connectivity index (χ0v) is 11.4. The van der Waals surface area contributed by atoms with Gasteiger partial charge in [-0.3, -0.25) is 0 Å². The summed E-state index contributed by atoms with van der Waals surface area (Å²) < 4.78 is 24.8. The molecule has 0 aliphatic carbocycles. The molecule has 0 unspecified atom stereocenters. The smallest absolute Gasteiger partial charge is 0.183 e. The fourth-order valence-electron chi connectivity index (χ4n) is 1.92. The maximum absolute atomic E-state index is 12.4. The van der Waals surface area contributed by atoms with Gasteiger partial charge in [-0.1, -0.05) is 48.5 Å². The van der Waals surface area contributed by atoms with E-state index in [9.17, 15) is 13.5 Å². The molecule has 0 amide bonds. The molecule has 4 heteroatoms. The van der Waals surface area contributed by atoms with Gasteiger partial charge in [0.1, 0.15) is 0 Å². The first kappa shape index (κ1) is 13.8. The number of aliphatic hydroxyl groups is 1. The van der Waals surface area contributed by atoms with Gasteiger partial charge in [-0.2, -0.15) is 0 Å². The molecular formula is C15H16O3S. The van der Waals surface area contributed by atoms with Crippen molar-refractivity contribution in [1.29, 1.82) is 0 Å². The van der Waals surface area contributed by atoms with Crippen LogP contribution in [0.2, 0.25) is 0 Å². The van der Waals surface area contributed by atoms with Crippen LogP contribution in [0.4, 0.5) is 0 Å². The van der Waals surface area contributed by atoms with Crippen LogP contribution in [-0.2, 0) is 9.84 Å². The van der Waals surface area contributed by atoms with Crippen LogP contribution in [-0.4, -0.2) is 18.8 Å². The minimum Gasteiger partial charge on any atom is -0.387 e. The Morgan fingerprint density at radius 3 is 1.89 bits per heavy atom. The number of benzene rings is 2. The second kappa shape index (κ2) is 5.55. The van der Waals surface area contributed by atoms with Crippen molar-refractivity contribution in [3.05, 3.63) is 66.2 Å². The summed E-state index contributed by atoms with van der Waals surface area (Å²) in [5.41, 5.74) is 0.606. The first-order chi connectivity index (χ1) is 9.03. The third-order valence-electron chi connectivity index (χ3n) is 3.15. The molecule has 1 N–H and O–H groups in total. The molecule has 0 aromatic heterocycles. The Kier molecular flexibility index (Phi) is 4.02. The van der Waals surface area contributed by atoms with E-state index in [0.717, 1.165) is 0 Å². The fraction of sp³-hybridized carbons (Fsp3) is 0.200. The summed E-state index contributed by atoms with van der Waals surface area (Å²) >= 11 is 0. The minimum atomic E-state index is -3.54. The highest BCUT2D eigenvalue weighted by atomic mass is 32.2. The standard InChI is InChI=1S/C15H16O3S/c1-12(15(16)13-8-4-2-5-9-13)19(17,18)14-10-6-3-7-11-14/h2-12,15-16H,1H3/t12-,15-/m0/s1. The van der Waals surface area contributed by atoms with Gasteiger partial charge in [-0.25, -0.2) is 8.42 Å². The van der Waals surface area contributed by atoms with E-state index in [0.29, 0.717) is 5.56 Å². The van der Waals surface area contributed by atoms with Crippen LogP contribution in [0.1, 0.15) is 18.6 Å². The Hall–Kier alpha value is -1.65. The SMILES string of the molecule is C[C@@H]([C@H](O)c1ccccc1)S(=O)(=O)c1ccccc1. The Morgan fingerprint density at radius 1 is 0.895 bits per heavy atom. The molecule has 3 nitrogen and oxygen atoms in total. The van der Waals surface area contributed by atoms with Gasteiger partial charge in [0, 0.05) is 0 Å². The predicted molar refractivity (Wildman–Crippen MR) is 74.5 cm³/mol. The van der Waals surface area contributed by atoms with E-state index in [1.54, 1.807) is 54.6 Å². The lowest BCUT2D eigenvalue weighted by Crippen LogP contribution is -2.25. The summed E-state index contributed by atoms with van der Waals surface area (Å²) in [6.07, 6.45) is -1.04. The highest BCUT2D eigenvalue weighted by Crippen LogP contribution is 2.26. The van der Waals surface area contributed by atoms with Crippen LogP contribution in [0.25, 0.3) is 0 Å². The molecule has 0 fully saturated rings. The third-order valence-corrected chi connectivity index (χ3v) is 5.31. The molecule has 0 aliphatic heterocycles. The summed E-state index contributed by atoms with van der Waals surface area (Å²) in [6.45, 7) is 1.53. The predicted octanol–water partition coefficient (Wildman–Crippen LogP) is 2.58. The largest absolute Gasteiger partial charge is 0.387 e. The Bertz CT molecular complexity index is 621. The summed E-state index contributed by atoms with van der Waals surface area (Å²) in [5.74, 6) is 0. The molecule has 0 spiro atoms. The van der Waals surface area contributed by atoms with E-state index < -0.39 is 21.2 Å². The Balaban J connectivity index is 2.32. The highest BCUT2D eigenvalue weighted by Gasteiger charge is 2.30. The number of rotatable bonds is 4. The van der Waals surface area contributed by atoms with Gasteiger partial charge in [0.05, 0.1) is 16.2 Å². The van der Waals surface area contributed by atoms with Crippen molar-refractivity contribution in [2.24, 2.45) is 0 Å². The van der Waals surface area contributed by atoms with Crippen molar-refractivity contribution >= 4 is 9.84 Å². The molecule has 0 saturated carbocycles. The fourth-order valence-corrected chi connectivity index (χ4v) is 3.38. The lowest BCUT2D eigenvalue weighted by atomic mass is 10.1. The normalized spacial score (nSPS) is 14.8. The molecule has 0 heterocycles. The van der Waals surface area contributed by atoms with Crippen molar-refractivity contribution in [3.63, 3.8) is 0 Å². The highest BCUT2D eigenvalue weighted by molar-refractivity contribution is 7.92. The number of sulfone groups is 1. The number of hydrogen-bond donors (Lipinski definition) is 1. The maximum Gasteiger partial charge on any atom is 0.183 e. The number of hydrogen-bond acceptors (Lipinski definition) is 3. The van der Waals surface area contributed by atoms with Gasteiger partial charge in [0.15, 0.2) is 9.84 Å². The van der Waals surface area contributed by atoms with Crippen molar-refractivity contribution in [1.82, 2.24) is 0 Å². The Morgan fingerprint density at radius 2 is 1.37 bits per heavy atom. The first-order valence-electron chi connectivity index (χ1n) is 6.05. The molecule has 0 saturated heterocycles. The third kappa shape index (κ3) is 2.85. The van der Waals surface area contributed by atoms with Gasteiger partial charge in [-0.15, -0.1) is 0 Å². The summed E-state index contributed by atoms with van der Waals surface area (Å²) in [7, 11) is -3.54. The lowest BCUT2D eigenvalue weighted by molar-refractivity contribution is 0.176. The zero-order chi connectivity index (χ0) is 13.9. The molecule has 2 rings (SSSR count). The topological polar surface area (TPSA) is 54.4 Å². The molecule has 19 heavy (non-hydrogen) atoms. The molecule has 0 radical (unpaired) electrons. The van der Waals surface area contributed by atoms with E-state index in [1.807, 2.05) is 6.07 Å². The first-order valence-corrected chi connectivity index (χ1v) is 7.60. The van der Waals surface area contributed by atoms with Crippen LogP contribution in [0.3, 0.4) is 0 Å². The van der Waals surface area contributed by atoms with Gasteiger partial charge in [0.25, 0.3) is 0 Å². The van der Waals surface area contributed by atoms with Crippen molar-refractivity contribution < 1.29 is 13.5 Å². The van der Waals surface area contributed by atoms with Gasteiger partial charge >= 0.3 is 0 Å². The monoisotopic (exact) mass is 276 g/mol. The average molecular weight is 276 g/mol. The molecule has 0 aliphatic rings. The summed E-state index contributed by atoms with van der Waals surface area (Å²) in [4.78, 5) is 0.234. The summed E-state index contributed by atoms with van der Waals surface area (Å²) in [6, 6.07) is 17.0. The van der Waals surface area contributed by atoms with Gasteiger partial charge in [-0.05, 0) is 24.6 Å². The second-order valence-corrected chi connectivity index (χ2v) is 6.72. The van der Waals surface area contributed by atoms with Crippen molar-refractivity contribution in [2.45, 2.75) is 23.2 Å². The zero-order valence-electron chi connectivity index (χ0n) is 10.6. The second-order valence-electron chi connectivity index (χ2n) is 4.42. The maximum atomic E-state index is 12.4. The van der Waals surface area contributed by atoms with Crippen LogP contribution >= 0.6 is 0 Å². The van der Waals surface area contributed by atoms with Crippen LogP contribution < -0.4 is 0 Å². The quantitative estimate of drug-likeness (QED) is 0.933. The van der Waals surface area contributed by atoms with Crippen LogP contribution in [0.15, 0.2) is 65.6 Å². The molecule has 2 atom stereocenters. The summed E-state index contributed by atoms with van der Waals surface area (Å²) in [5, 5.41) is 9.32. The van der Waals surface area contributed by atoms with E-state index in [2.05, 4.69) is 0 Å². The van der Waals surface area contributed by atoms with E-state index in [1.165, 1.54) is 6.92 Å². The van der Waals surface area contributed by atoms with Crippen LogP contribution in [0.5, 0.6) is 0 Å². The number of aliphatic hydroxyl groups excluding tert-OH is 1. The van der Waals surface area contributed by atoms with Gasteiger partial charge < -0.3 is 5.11 Å². The Labute approximate surface area is 113 Å². The molecule has 2 aromatic rings. The lowest BCUT2D eigenvalue weighted by Gasteiger charge is -2.19. The van der Waals surface area contributed by atoms with E-state index in [4.69, 9.17) is 0 Å². The van der Waals surface area contributed by atoms with Crippen molar-refractivity contribution in [3.8, 4) is 0 Å². The molecule has 0 bridgehead atoms. The van der Waals surface area contributed by atoms with E-state index >= 15 is 0 Å².